The number of allylic oxidation sites excluding steroid dienone is 2. The van der Waals surface area contributed by atoms with Crippen molar-refractivity contribution in [2.24, 2.45) is 50.2 Å². The first kappa shape index (κ1) is 23.9. The summed E-state index contributed by atoms with van der Waals surface area (Å²) in [5, 5.41) is 21.4. The molecule has 0 amide bonds. The maximum Gasteiger partial charge on any atom is 0.310 e. The first-order chi connectivity index (χ1) is 15.1. The Morgan fingerprint density at radius 3 is 2.21 bits per heavy atom. The molecule has 0 bridgehead atoms. The van der Waals surface area contributed by atoms with E-state index in [0.717, 1.165) is 51.4 Å². The molecule has 4 fully saturated rings. The van der Waals surface area contributed by atoms with Crippen LogP contribution >= 0.6 is 0 Å². The van der Waals surface area contributed by atoms with Gasteiger partial charge in [-0.1, -0.05) is 60.1 Å². The molecule has 0 aromatic rings. The fraction of sp³-hybridized carbons (Fsp3) is 0.900. The number of carboxylic acids is 1. The minimum absolute atomic E-state index is 0.0301. The summed E-state index contributed by atoms with van der Waals surface area (Å²) in [6, 6.07) is 0. The van der Waals surface area contributed by atoms with Crippen molar-refractivity contribution in [1.82, 2.24) is 0 Å². The number of hydrogen-bond acceptors (Lipinski definition) is 2. The highest BCUT2D eigenvalue weighted by Gasteiger charge is 2.69. The van der Waals surface area contributed by atoms with Gasteiger partial charge in [-0.2, -0.15) is 0 Å². The SMILES string of the molecule is CC1(C)CC[C@]2(C(=O)O)CC[C@]3(C)C(=CC[C@@H]4[C@@]5(C)CCC(O)C(C)(C)[C@H]5CC[C@]43C)[C@H]2C1. The van der Waals surface area contributed by atoms with Crippen molar-refractivity contribution < 1.29 is 15.0 Å². The topological polar surface area (TPSA) is 57.5 Å². The van der Waals surface area contributed by atoms with Gasteiger partial charge in [0.05, 0.1) is 11.5 Å². The molecule has 5 aliphatic rings. The van der Waals surface area contributed by atoms with E-state index in [2.05, 4.69) is 54.5 Å². The van der Waals surface area contributed by atoms with Gasteiger partial charge in [-0.3, -0.25) is 4.79 Å². The van der Waals surface area contributed by atoms with Crippen LogP contribution in [0.1, 0.15) is 113 Å². The van der Waals surface area contributed by atoms with E-state index in [9.17, 15) is 15.0 Å². The highest BCUT2D eigenvalue weighted by molar-refractivity contribution is 5.76. The number of aliphatic hydroxyl groups excluding tert-OH is 1. The third-order valence-corrected chi connectivity index (χ3v) is 13.0. The van der Waals surface area contributed by atoms with E-state index in [0.29, 0.717) is 11.8 Å². The summed E-state index contributed by atoms with van der Waals surface area (Å²) in [4.78, 5) is 12.8. The third kappa shape index (κ3) is 2.87. The van der Waals surface area contributed by atoms with Crippen LogP contribution in [0.2, 0.25) is 0 Å². The van der Waals surface area contributed by atoms with Gasteiger partial charge in [0.25, 0.3) is 0 Å². The molecule has 1 unspecified atom stereocenters. The Hall–Kier alpha value is -0.830. The lowest BCUT2D eigenvalue weighted by molar-refractivity contribution is -0.205. The molecule has 0 spiro atoms. The summed E-state index contributed by atoms with van der Waals surface area (Å²) in [7, 11) is 0. The molecule has 0 radical (unpaired) electrons. The van der Waals surface area contributed by atoms with E-state index in [-0.39, 0.29) is 39.1 Å². The summed E-state index contributed by atoms with van der Waals surface area (Å²) in [6.07, 6.45) is 12.6. The Morgan fingerprint density at radius 2 is 1.55 bits per heavy atom. The molecule has 0 aliphatic heterocycles. The standard InChI is InChI=1S/C30H48O3/c1-25(2)14-16-30(24(32)33)17-15-28(6)19(20(30)18-25)8-9-22-27(5)12-11-23(31)26(3,4)21(27)10-13-29(22,28)7/h8,20-23,31H,9-18H2,1-7H3,(H,32,33)/t20-,21-,22-,23?,27+,28-,29-,30+/m1/s1. The fourth-order valence-corrected chi connectivity index (χ4v) is 10.6. The zero-order chi connectivity index (χ0) is 24.2. The van der Waals surface area contributed by atoms with Gasteiger partial charge in [0.2, 0.25) is 0 Å². The zero-order valence-electron chi connectivity index (χ0n) is 22.3. The maximum absolute atomic E-state index is 12.8. The van der Waals surface area contributed by atoms with Crippen molar-refractivity contribution in [2.45, 2.75) is 119 Å². The molecule has 8 atom stereocenters. The molecule has 3 heteroatoms. The second kappa shape index (κ2) is 6.89. The number of fused-ring (bicyclic) bond motifs is 7. The highest BCUT2D eigenvalue weighted by Crippen LogP contribution is 2.75. The maximum atomic E-state index is 12.8. The summed E-state index contributed by atoms with van der Waals surface area (Å²) < 4.78 is 0. The second-order valence-corrected chi connectivity index (χ2v) is 15.1. The van der Waals surface area contributed by atoms with E-state index in [1.54, 1.807) is 0 Å². The van der Waals surface area contributed by atoms with E-state index in [1.165, 1.54) is 18.4 Å². The summed E-state index contributed by atoms with van der Waals surface area (Å²) in [5.41, 5.74) is 1.68. The minimum atomic E-state index is -0.553. The molecule has 5 rings (SSSR count). The number of carbonyl (C=O) groups is 1. The molecular formula is C30H48O3. The summed E-state index contributed by atoms with van der Waals surface area (Å²) in [5.74, 6) is 0.807. The first-order valence-electron chi connectivity index (χ1n) is 13.8. The molecule has 5 aliphatic carbocycles. The smallest absolute Gasteiger partial charge is 0.310 e. The lowest BCUT2D eigenvalue weighted by Gasteiger charge is -2.71. The number of carboxylic acid groups (broad SMARTS) is 1. The summed E-state index contributed by atoms with van der Waals surface area (Å²) >= 11 is 0. The Morgan fingerprint density at radius 1 is 0.879 bits per heavy atom. The minimum Gasteiger partial charge on any atom is -0.481 e. The van der Waals surface area contributed by atoms with Gasteiger partial charge in [0.1, 0.15) is 0 Å². The monoisotopic (exact) mass is 456 g/mol. The molecule has 0 heterocycles. The zero-order valence-corrected chi connectivity index (χ0v) is 22.3. The molecule has 0 aromatic carbocycles. The van der Waals surface area contributed by atoms with Crippen molar-refractivity contribution in [3.63, 3.8) is 0 Å². The first-order valence-corrected chi connectivity index (χ1v) is 13.8. The van der Waals surface area contributed by atoms with Gasteiger partial charge < -0.3 is 10.2 Å². The van der Waals surface area contributed by atoms with Crippen LogP contribution in [0, 0.1) is 50.2 Å². The van der Waals surface area contributed by atoms with Gasteiger partial charge in [-0.15, -0.1) is 0 Å². The largest absolute Gasteiger partial charge is 0.481 e. The fourth-order valence-electron chi connectivity index (χ4n) is 10.6. The molecule has 33 heavy (non-hydrogen) atoms. The van der Waals surface area contributed by atoms with Crippen molar-refractivity contribution in [1.29, 1.82) is 0 Å². The predicted octanol–water partition coefficient (Wildman–Crippen LogP) is 7.23. The Bertz CT molecular complexity index is 885. The van der Waals surface area contributed by atoms with Gasteiger partial charge in [-0.05, 0) is 109 Å². The highest BCUT2D eigenvalue weighted by atomic mass is 16.4. The average molecular weight is 457 g/mol. The van der Waals surface area contributed by atoms with Crippen LogP contribution in [-0.4, -0.2) is 22.3 Å². The Kier molecular flexibility index (Phi) is 4.99. The molecule has 186 valence electrons. The van der Waals surface area contributed by atoms with Crippen LogP contribution in [-0.2, 0) is 4.79 Å². The van der Waals surface area contributed by atoms with Crippen molar-refractivity contribution in [3.05, 3.63) is 11.6 Å². The Balaban J connectivity index is 1.60. The van der Waals surface area contributed by atoms with Crippen molar-refractivity contribution in [2.75, 3.05) is 0 Å². The lowest BCUT2D eigenvalue weighted by atomic mass is 9.33. The van der Waals surface area contributed by atoms with Gasteiger partial charge in [0.15, 0.2) is 0 Å². The van der Waals surface area contributed by atoms with Crippen LogP contribution in [0.15, 0.2) is 11.6 Å². The van der Waals surface area contributed by atoms with Crippen molar-refractivity contribution in [3.8, 4) is 0 Å². The summed E-state index contributed by atoms with van der Waals surface area (Å²) in [6.45, 7) is 16.9. The van der Waals surface area contributed by atoms with Crippen LogP contribution in [0.5, 0.6) is 0 Å². The third-order valence-electron chi connectivity index (χ3n) is 13.0. The van der Waals surface area contributed by atoms with E-state index >= 15 is 0 Å². The van der Waals surface area contributed by atoms with E-state index < -0.39 is 11.4 Å². The van der Waals surface area contributed by atoms with Crippen LogP contribution in [0.4, 0.5) is 0 Å². The van der Waals surface area contributed by atoms with Gasteiger partial charge in [-0.25, -0.2) is 0 Å². The predicted molar refractivity (Wildman–Crippen MR) is 133 cm³/mol. The molecular weight excluding hydrogens is 408 g/mol. The van der Waals surface area contributed by atoms with Crippen LogP contribution in [0.25, 0.3) is 0 Å². The van der Waals surface area contributed by atoms with Gasteiger partial charge >= 0.3 is 5.97 Å². The normalized spacial score (nSPS) is 52.4. The van der Waals surface area contributed by atoms with E-state index in [4.69, 9.17) is 0 Å². The molecule has 2 N–H and O–H groups in total. The molecule has 3 nitrogen and oxygen atoms in total. The molecule has 0 saturated heterocycles. The van der Waals surface area contributed by atoms with Gasteiger partial charge in [0, 0.05) is 0 Å². The molecule has 4 saturated carbocycles. The van der Waals surface area contributed by atoms with E-state index in [1.807, 2.05) is 0 Å². The second-order valence-electron chi connectivity index (χ2n) is 15.1. The van der Waals surface area contributed by atoms with Crippen LogP contribution in [0.3, 0.4) is 0 Å². The quantitative estimate of drug-likeness (QED) is 0.409. The van der Waals surface area contributed by atoms with Crippen molar-refractivity contribution >= 4 is 5.97 Å². The lowest BCUT2D eigenvalue weighted by Crippen LogP contribution is -2.65. The number of rotatable bonds is 1. The number of aliphatic carboxylic acids is 1. The number of hydrogen-bond donors (Lipinski definition) is 2. The Labute approximate surface area is 201 Å². The average Bonchev–Trinajstić information content (AvgIpc) is 2.71. The number of aliphatic hydroxyl groups is 1. The molecule has 0 aromatic heterocycles. The van der Waals surface area contributed by atoms with Crippen LogP contribution < -0.4 is 0 Å².